The van der Waals surface area contributed by atoms with Crippen molar-refractivity contribution in [2.45, 2.75) is 6.92 Å². The van der Waals surface area contributed by atoms with Crippen LogP contribution in [0.3, 0.4) is 0 Å². The Kier molecular flexibility index (Phi) is 3.48. The van der Waals surface area contributed by atoms with E-state index in [2.05, 4.69) is 10.3 Å². The highest BCUT2D eigenvalue weighted by Crippen LogP contribution is 2.24. The third-order valence-corrected chi connectivity index (χ3v) is 2.69. The molecule has 2 N–H and O–H groups in total. The number of pyridine rings is 1. The molecule has 1 aromatic carbocycles. The van der Waals surface area contributed by atoms with E-state index in [9.17, 15) is 9.90 Å². The van der Waals surface area contributed by atoms with Crippen LogP contribution in [0, 0.1) is 6.92 Å². The van der Waals surface area contributed by atoms with Gasteiger partial charge < -0.3 is 10.4 Å². The molecule has 1 heterocycles. The van der Waals surface area contributed by atoms with E-state index < -0.39 is 5.91 Å². The standard InChI is InChI=1S/C13H11ClN2O2/c1-8-4-5-10(9(14)7-8)16-13(18)12-11(17)3-2-6-15-12/h2-7,17H,1H3,(H,16,18). The molecule has 1 amide bonds. The van der Waals surface area contributed by atoms with Gasteiger partial charge in [-0.15, -0.1) is 0 Å². The van der Waals surface area contributed by atoms with E-state index in [4.69, 9.17) is 11.6 Å². The fraction of sp³-hybridized carbons (Fsp3) is 0.0769. The lowest BCUT2D eigenvalue weighted by Crippen LogP contribution is -2.14. The molecule has 4 nitrogen and oxygen atoms in total. The van der Waals surface area contributed by atoms with Crippen molar-refractivity contribution in [2.75, 3.05) is 5.32 Å². The first-order chi connectivity index (χ1) is 8.58. The van der Waals surface area contributed by atoms with Crippen LogP contribution in [0.4, 0.5) is 5.69 Å². The molecule has 2 rings (SSSR count). The second-order valence-electron chi connectivity index (χ2n) is 3.81. The van der Waals surface area contributed by atoms with E-state index >= 15 is 0 Å². The molecule has 0 unspecified atom stereocenters. The maximum Gasteiger partial charge on any atom is 0.278 e. The van der Waals surface area contributed by atoms with E-state index in [-0.39, 0.29) is 11.4 Å². The zero-order valence-corrected chi connectivity index (χ0v) is 10.4. The number of aromatic nitrogens is 1. The van der Waals surface area contributed by atoms with Gasteiger partial charge in [0.15, 0.2) is 5.69 Å². The molecular weight excluding hydrogens is 252 g/mol. The number of nitrogens with zero attached hydrogens (tertiary/aromatic N) is 1. The van der Waals surface area contributed by atoms with E-state index in [1.807, 2.05) is 13.0 Å². The first-order valence-electron chi connectivity index (χ1n) is 5.29. The van der Waals surface area contributed by atoms with E-state index in [0.717, 1.165) is 5.56 Å². The highest BCUT2D eigenvalue weighted by Gasteiger charge is 2.13. The van der Waals surface area contributed by atoms with Crippen molar-refractivity contribution >= 4 is 23.2 Å². The quantitative estimate of drug-likeness (QED) is 0.875. The molecule has 18 heavy (non-hydrogen) atoms. The number of carbonyl (C=O) groups is 1. The number of hydrogen-bond donors (Lipinski definition) is 2. The summed E-state index contributed by atoms with van der Waals surface area (Å²) in [5, 5.41) is 12.6. The predicted octanol–water partition coefficient (Wildman–Crippen LogP) is 3.00. The number of amides is 1. The van der Waals surface area contributed by atoms with Crippen LogP contribution in [-0.4, -0.2) is 16.0 Å². The first-order valence-corrected chi connectivity index (χ1v) is 5.67. The van der Waals surface area contributed by atoms with Gasteiger partial charge in [0.05, 0.1) is 10.7 Å². The normalized spacial score (nSPS) is 10.1. The summed E-state index contributed by atoms with van der Waals surface area (Å²) in [6.45, 7) is 1.90. The smallest absolute Gasteiger partial charge is 0.278 e. The molecule has 5 heteroatoms. The van der Waals surface area contributed by atoms with Crippen molar-refractivity contribution in [3.63, 3.8) is 0 Å². The van der Waals surface area contributed by atoms with E-state index in [0.29, 0.717) is 10.7 Å². The maximum atomic E-state index is 11.9. The summed E-state index contributed by atoms with van der Waals surface area (Å²) in [5.41, 5.74) is 1.45. The lowest BCUT2D eigenvalue weighted by molar-refractivity contribution is 0.101. The lowest BCUT2D eigenvalue weighted by atomic mass is 10.2. The van der Waals surface area contributed by atoms with Crippen molar-refractivity contribution < 1.29 is 9.90 Å². The number of aromatic hydroxyl groups is 1. The second-order valence-corrected chi connectivity index (χ2v) is 4.22. The molecule has 0 saturated carbocycles. The van der Waals surface area contributed by atoms with Crippen LogP contribution in [0.5, 0.6) is 5.75 Å². The number of halogens is 1. The number of rotatable bonds is 2. The molecule has 0 aliphatic carbocycles. The van der Waals surface area contributed by atoms with Crippen molar-refractivity contribution in [3.8, 4) is 5.75 Å². The van der Waals surface area contributed by atoms with Crippen LogP contribution in [0.25, 0.3) is 0 Å². The third kappa shape index (κ3) is 2.60. The number of nitrogens with one attached hydrogen (secondary N) is 1. The number of benzene rings is 1. The minimum Gasteiger partial charge on any atom is -0.505 e. The predicted molar refractivity (Wildman–Crippen MR) is 70.0 cm³/mol. The van der Waals surface area contributed by atoms with Gasteiger partial charge in [-0.05, 0) is 36.8 Å². The lowest BCUT2D eigenvalue weighted by Gasteiger charge is -2.08. The van der Waals surface area contributed by atoms with Crippen LogP contribution in [0.2, 0.25) is 5.02 Å². The van der Waals surface area contributed by atoms with Gasteiger partial charge in [-0.1, -0.05) is 17.7 Å². The molecule has 0 aliphatic rings. The minimum absolute atomic E-state index is 0.0332. The van der Waals surface area contributed by atoms with Crippen molar-refractivity contribution in [1.82, 2.24) is 4.98 Å². The number of aryl methyl sites for hydroxylation is 1. The molecule has 0 radical (unpaired) electrons. The summed E-state index contributed by atoms with van der Waals surface area (Å²) in [4.78, 5) is 15.7. The van der Waals surface area contributed by atoms with Gasteiger partial charge in [0, 0.05) is 6.20 Å². The van der Waals surface area contributed by atoms with E-state index in [1.54, 1.807) is 18.2 Å². The van der Waals surface area contributed by atoms with Crippen molar-refractivity contribution in [1.29, 1.82) is 0 Å². The number of anilines is 1. The monoisotopic (exact) mass is 262 g/mol. The highest BCUT2D eigenvalue weighted by molar-refractivity contribution is 6.34. The van der Waals surface area contributed by atoms with Gasteiger partial charge >= 0.3 is 0 Å². The average molecular weight is 263 g/mol. The van der Waals surface area contributed by atoms with Crippen molar-refractivity contribution in [3.05, 3.63) is 52.8 Å². The minimum atomic E-state index is -0.501. The summed E-state index contributed by atoms with van der Waals surface area (Å²) >= 11 is 6.00. The van der Waals surface area contributed by atoms with Crippen LogP contribution >= 0.6 is 11.6 Å². The van der Waals surface area contributed by atoms with Crippen molar-refractivity contribution in [2.24, 2.45) is 0 Å². The average Bonchev–Trinajstić information content (AvgIpc) is 2.33. The largest absolute Gasteiger partial charge is 0.505 e. The zero-order chi connectivity index (χ0) is 13.1. The Morgan fingerprint density at radius 3 is 2.83 bits per heavy atom. The van der Waals surface area contributed by atoms with Gasteiger partial charge in [-0.3, -0.25) is 4.79 Å². The summed E-state index contributed by atoms with van der Waals surface area (Å²) in [6, 6.07) is 8.23. The topological polar surface area (TPSA) is 62.2 Å². The first kappa shape index (κ1) is 12.4. The van der Waals surface area contributed by atoms with Gasteiger partial charge in [0.2, 0.25) is 0 Å². The Hall–Kier alpha value is -2.07. The molecule has 0 bridgehead atoms. The van der Waals surface area contributed by atoms with Gasteiger partial charge in [0.25, 0.3) is 5.91 Å². The summed E-state index contributed by atoms with van der Waals surface area (Å²) in [5.74, 6) is -0.669. The number of carbonyl (C=O) groups excluding carboxylic acids is 1. The summed E-state index contributed by atoms with van der Waals surface area (Å²) < 4.78 is 0. The SMILES string of the molecule is Cc1ccc(NC(=O)c2ncccc2O)c(Cl)c1. The molecular formula is C13H11ClN2O2. The van der Waals surface area contributed by atoms with Gasteiger partial charge in [-0.2, -0.15) is 0 Å². The molecule has 0 spiro atoms. The van der Waals surface area contributed by atoms with Gasteiger partial charge in [-0.25, -0.2) is 4.98 Å². The molecule has 1 aromatic heterocycles. The Morgan fingerprint density at radius 2 is 2.17 bits per heavy atom. The maximum absolute atomic E-state index is 11.9. The van der Waals surface area contributed by atoms with Crippen LogP contribution in [-0.2, 0) is 0 Å². The Balaban J connectivity index is 2.24. The summed E-state index contributed by atoms with van der Waals surface area (Å²) in [7, 11) is 0. The molecule has 0 saturated heterocycles. The summed E-state index contributed by atoms with van der Waals surface area (Å²) in [6.07, 6.45) is 1.44. The molecule has 2 aromatic rings. The second kappa shape index (κ2) is 5.06. The Labute approximate surface area is 109 Å². The van der Waals surface area contributed by atoms with Crippen LogP contribution in [0.15, 0.2) is 36.5 Å². The zero-order valence-electron chi connectivity index (χ0n) is 9.64. The molecule has 0 atom stereocenters. The highest BCUT2D eigenvalue weighted by atomic mass is 35.5. The fourth-order valence-electron chi connectivity index (χ4n) is 1.47. The molecule has 92 valence electrons. The Morgan fingerprint density at radius 1 is 1.39 bits per heavy atom. The van der Waals surface area contributed by atoms with Crippen LogP contribution < -0.4 is 5.32 Å². The third-order valence-electron chi connectivity index (χ3n) is 2.37. The van der Waals surface area contributed by atoms with E-state index in [1.165, 1.54) is 12.3 Å². The Bertz CT molecular complexity index is 599. The molecule has 0 aliphatic heterocycles. The molecule has 0 fully saturated rings. The number of hydrogen-bond acceptors (Lipinski definition) is 3. The van der Waals surface area contributed by atoms with Crippen LogP contribution in [0.1, 0.15) is 16.1 Å². The fourth-order valence-corrected chi connectivity index (χ4v) is 1.76. The van der Waals surface area contributed by atoms with Gasteiger partial charge in [0.1, 0.15) is 5.75 Å².